The molecule has 0 spiro atoms. The smallest absolute Gasteiger partial charge is 0.212 e. The number of hydrogen-bond donors (Lipinski definition) is 0. The van der Waals surface area contributed by atoms with E-state index >= 15 is 0 Å². The van der Waals surface area contributed by atoms with E-state index in [4.69, 9.17) is 21.4 Å². The van der Waals surface area contributed by atoms with Crippen LogP contribution in [0.15, 0.2) is 58.8 Å². The predicted octanol–water partition coefficient (Wildman–Crippen LogP) is 3.97. The van der Waals surface area contributed by atoms with Crippen LogP contribution in [0.25, 0.3) is 11.4 Å². The fraction of sp³-hybridized carbons (Fsp3) is 0.118. The van der Waals surface area contributed by atoms with Gasteiger partial charge in [0, 0.05) is 21.9 Å². The highest BCUT2D eigenvalue weighted by molar-refractivity contribution is 7.99. The van der Waals surface area contributed by atoms with E-state index in [9.17, 15) is 0 Å². The van der Waals surface area contributed by atoms with Crippen molar-refractivity contribution in [3.63, 3.8) is 0 Å². The van der Waals surface area contributed by atoms with Crippen LogP contribution in [0.4, 0.5) is 0 Å². The predicted molar refractivity (Wildman–Crippen MR) is 96.1 cm³/mol. The highest BCUT2D eigenvalue weighted by Crippen LogP contribution is 2.30. The molecular formula is C17H13ClN4OS. The summed E-state index contributed by atoms with van der Waals surface area (Å²) in [6.07, 6.45) is 0. The van der Waals surface area contributed by atoms with E-state index in [1.807, 2.05) is 48.5 Å². The van der Waals surface area contributed by atoms with Gasteiger partial charge in [-0.05, 0) is 36.4 Å². The van der Waals surface area contributed by atoms with Gasteiger partial charge in [0.1, 0.15) is 5.75 Å². The molecule has 5 nitrogen and oxygen atoms in total. The molecule has 4 rings (SSSR count). The second-order valence-corrected chi connectivity index (χ2v) is 6.54. The number of ether oxygens (including phenoxy) is 1. The van der Waals surface area contributed by atoms with Crippen molar-refractivity contribution in [3.05, 3.63) is 59.1 Å². The molecule has 2 aromatic carbocycles. The van der Waals surface area contributed by atoms with Crippen molar-refractivity contribution >= 4 is 29.1 Å². The van der Waals surface area contributed by atoms with Gasteiger partial charge in [0.25, 0.3) is 0 Å². The van der Waals surface area contributed by atoms with Crippen LogP contribution in [0.2, 0.25) is 5.02 Å². The molecule has 2 heterocycles. The quantitative estimate of drug-likeness (QED) is 0.712. The van der Waals surface area contributed by atoms with Gasteiger partial charge >= 0.3 is 0 Å². The number of fused-ring (bicyclic) bond motifs is 1. The summed E-state index contributed by atoms with van der Waals surface area (Å²) >= 11 is 7.57. The molecule has 0 unspecified atom stereocenters. The van der Waals surface area contributed by atoms with E-state index in [0.29, 0.717) is 10.8 Å². The Morgan fingerprint density at radius 3 is 2.67 bits per heavy atom. The average Bonchev–Trinajstić information content (AvgIpc) is 3.05. The molecule has 0 aliphatic carbocycles. The number of methoxy groups -OCH3 is 1. The third-order valence-electron chi connectivity index (χ3n) is 3.69. The number of hydrogen-bond acceptors (Lipinski definition) is 5. The lowest BCUT2D eigenvalue weighted by molar-refractivity contribution is 0.414. The Hall–Kier alpha value is -2.31. The van der Waals surface area contributed by atoms with Gasteiger partial charge in [-0.3, -0.25) is 0 Å². The zero-order valence-electron chi connectivity index (χ0n) is 12.8. The van der Waals surface area contributed by atoms with Crippen LogP contribution in [-0.2, 0) is 0 Å². The zero-order valence-corrected chi connectivity index (χ0v) is 14.4. The van der Waals surface area contributed by atoms with Crippen LogP contribution >= 0.6 is 23.4 Å². The van der Waals surface area contributed by atoms with Crippen LogP contribution in [0.5, 0.6) is 5.75 Å². The molecular weight excluding hydrogens is 344 g/mol. The van der Waals surface area contributed by atoms with E-state index in [-0.39, 0.29) is 0 Å². The Balaban J connectivity index is 1.80. The summed E-state index contributed by atoms with van der Waals surface area (Å²) in [4.78, 5) is 0. The zero-order chi connectivity index (χ0) is 16.5. The summed E-state index contributed by atoms with van der Waals surface area (Å²) in [5.41, 5.74) is 2.83. The molecule has 1 aliphatic heterocycles. The molecule has 1 aromatic heterocycles. The second-order valence-electron chi connectivity index (χ2n) is 5.16. The Labute approximate surface area is 148 Å². The summed E-state index contributed by atoms with van der Waals surface area (Å²) < 4.78 is 7.23. The monoisotopic (exact) mass is 356 g/mol. The SMILES string of the molecule is COc1ccccc1C1=Nn2c(nnc2-c2ccc(Cl)cc2)SC1. The molecule has 3 aromatic rings. The minimum absolute atomic E-state index is 0.685. The largest absolute Gasteiger partial charge is 0.496 e. The van der Waals surface area contributed by atoms with Gasteiger partial charge in [0.15, 0.2) is 5.82 Å². The average molecular weight is 357 g/mol. The van der Waals surface area contributed by atoms with E-state index in [1.165, 1.54) is 0 Å². The van der Waals surface area contributed by atoms with Crippen molar-refractivity contribution in [2.45, 2.75) is 5.16 Å². The molecule has 0 fully saturated rings. The lowest BCUT2D eigenvalue weighted by Gasteiger charge is -2.15. The lowest BCUT2D eigenvalue weighted by Crippen LogP contribution is -2.14. The fourth-order valence-corrected chi connectivity index (χ4v) is 3.47. The number of thioether (sulfide) groups is 1. The van der Waals surface area contributed by atoms with E-state index in [1.54, 1.807) is 23.5 Å². The number of nitrogens with zero attached hydrogens (tertiary/aromatic N) is 4. The summed E-state index contributed by atoms with van der Waals surface area (Å²) in [6.45, 7) is 0. The van der Waals surface area contributed by atoms with Crippen molar-refractivity contribution in [2.75, 3.05) is 12.9 Å². The number of rotatable bonds is 3. The van der Waals surface area contributed by atoms with Crippen LogP contribution in [-0.4, -0.2) is 33.4 Å². The Bertz CT molecular complexity index is 921. The summed E-state index contributed by atoms with van der Waals surface area (Å²) in [5, 5.41) is 14.7. The molecule has 0 bridgehead atoms. The third kappa shape index (κ3) is 2.68. The molecule has 24 heavy (non-hydrogen) atoms. The maximum Gasteiger partial charge on any atom is 0.212 e. The van der Waals surface area contributed by atoms with Crippen molar-refractivity contribution in [3.8, 4) is 17.1 Å². The highest BCUT2D eigenvalue weighted by Gasteiger charge is 2.22. The third-order valence-corrected chi connectivity index (χ3v) is 4.87. The number of aromatic nitrogens is 3. The van der Waals surface area contributed by atoms with Gasteiger partial charge in [-0.2, -0.15) is 9.78 Å². The van der Waals surface area contributed by atoms with Gasteiger partial charge in [-0.25, -0.2) is 0 Å². The lowest BCUT2D eigenvalue weighted by atomic mass is 10.1. The van der Waals surface area contributed by atoms with Crippen LogP contribution in [0, 0.1) is 0 Å². The van der Waals surface area contributed by atoms with Gasteiger partial charge < -0.3 is 4.74 Å². The topological polar surface area (TPSA) is 52.3 Å². The minimum Gasteiger partial charge on any atom is -0.496 e. The molecule has 1 aliphatic rings. The number of para-hydroxylation sites is 1. The van der Waals surface area contributed by atoms with Crippen LogP contribution in [0.1, 0.15) is 5.56 Å². The van der Waals surface area contributed by atoms with E-state index in [0.717, 1.165) is 33.5 Å². The van der Waals surface area contributed by atoms with Gasteiger partial charge in [-0.15, -0.1) is 10.2 Å². The summed E-state index contributed by atoms with van der Waals surface area (Å²) in [7, 11) is 1.67. The maximum absolute atomic E-state index is 5.96. The molecule has 0 radical (unpaired) electrons. The maximum atomic E-state index is 5.96. The number of halogens is 1. The standard InChI is InChI=1S/C17H13ClN4OS/c1-23-15-5-3-2-4-13(15)14-10-24-17-20-19-16(22(17)21-14)11-6-8-12(18)9-7-11/h2-9H,10H2,1H3. The molecule has 0 saturated carbocycles. The number of benzene rings is 2. The fourth-order valence-electron chi connectivity index (χ4n) is 2.52. The van der Waals surface area contributed by atoms with Crippen molar-refractivity contribution in [1.82, 2.24) is 14.9 Å². The first-order valence-corrected chi connectivity index (χ1v) is 8.68. The Morgan fingerprint density at radius 2 is 1.88 bits per heavy atom. The van der Waals surface area contributed by atoms with Crippen LogP contribution in [0.3, 0.4) is 0 Å². The molecule has 0 amide bonds. The Kier molecular flexibility index (Phi) is 4.00. The van der Waals surface area contributed by atoms with E-state index in [2.05, 4.69) is 10.2 Å². The van der Waals surface area contributed by atoms with Gasteiger partial charge in [0.05, 0.1) is 12.8 Å². The van der Waals surface area contributed by atoms with E-state index < -0.39 is 0 Å². The first kappa shape index (κ1) is 15.2. The first-order chi connectivity index (χ1) is 11.8. The van der Waals surface area contributed by atoms with Gasteiger partial charge in [0.2, 0.25) is 5.16 Å². The van der Waals surface area contributed by atoms with Crippen LogP contribution < -0.4 is 4.74 Å². The summed E-state index contributed by atoms with van der Waals surface area (Å²) in [6, 6.07) is 15.4. The first-order valence-electron chi connectivity index (χ1n) is 7.31. The summed E-state index contributed by atoms with van der Waals surface area (Å²) in [5.74, 6) is 2.22. The van der Waals surface area contributed by atoms with Gasteiger partial charge in [-0.1, -0.05) is 35.5 Å². The molecule has 0 N–H and O–H groups in total. The van der Waals surface area contributed by atoms with Crippen molar-refractivity contribution in [1.29, 1.82) is 0 Å². The minimum atomic E-state index is 0.685. The van der Waals surface area contributed by atoms with Crippen molar-refractivity contribution in [2.24, 2.45) is 5.10 Å². The van der Waals surface area contributed by atoms with Crippen molar-refractivity contribution < 1.29 is 4.74 Å². The Morgan fingerprint density at radius 1 is 1.08 bits per heavy atom. The molecule has 0 saturated heterocycles. The normalized spacial score (nSPS) is 13.3. The molecule has 120 valence electrons. The highest BCUT2D eigenvalue weighted by atomic mass is 35.5. The molecule has 0 atom stereocenters. The second kappa shape index (κ2) is 6.30. The molecule has 7 heteroatoms.